The minimum absolute atomic E-state index is 0.366. The van der Waals surface area contributed by atoms with Crippen molar-refractivity contribution in [2.24, 2.45) is 0 Å². The molecule has 2 fully saturated rings. The van der Waals surface area contributed by atoms with E-state index in [1.807, 2.05) is 30.3 Å². The predicted octanol–water partition coefficient (Wildman–Crippen LogP) is 5.48. The second-order valence-corrected chi connectivity index (χ2v) is 14.7. The van der Waals surface area contributed by atoms with Crippen molar-refractivity contribution in [2.45, 2.75) is 25.8 Å². The number of para-hydroxylation sites is 1. The largest absolute Gasteiger partial charge is 0.494 e. The Kier molecular flexibility index (Phi) is 9.39. The van der Waals surface area contributed by atoms with Crippen molar-refractivity contribution in [3.8, 4) is 5.75 Å². The summed E-state index contributed by atoms with van der Waals surface area (Å²) in [5, 5.41) is 7.63. The minimum atomic E-state index is -2.51. The lowest BCUT2D eigenvalue weighted by Gasteiger charge is -2.43. The van der Waals surface area contributed by atoms with Gasteiger partial charge in [0.2, 0.25) is 5.95 Å². The van der Waals surface area contributed by atoms with Gasteiger partial charge in [-0.25, -0.2) is 4.98 Å². The zero-order valence-corrected chi connectivity index (χ0v) is 26.1. The van der Waals surface area contributed by atoms with E-state index in [4.69, 9.17) is 16.3 Å². The van der Waals surface area contributed by atoms with E-state index < -0.39 is 7.14 Å². The Hall–Kier alpha value is -2.84. The number of piperidine rings is 1. The van der Waals surface area contributed by atoms with Crippen LogP contribution in [0.3, 0.4) is 0 Å². The van der Waals surface area contributed by atoms with Crippen molar-refractivity contribution in [1.82, 2.24) is 19.8 Å². The molecule has 0 amide bonds. The molecule has 3 heterocycles. The lowest BCUT2D eigenvalue weighted by atomic mass is 10.0. The van der Waals surface area contributed by atoms with Gasteiger partial charge in [0, 0.05) is 62.4 Å². The molecule has 2 aliphatic heterocycles. The molecule has 9 nitrogen and oxygen atoms in total. The average Bonchev–Trinajstić information content (AvgIpc) is 2.99. The number of aromatic nitrogens is 2. The summed E-state index contributed by atoms with van der Waals surface area (Å²) in [4.78, 5) is 16.7. The third-order valence-corrected chi connectivity index (χ3v) is 9.94. The van der Waals surface area contributed by atoms with E-state index in [1.54, 1.807) is 26.6 Å². The fourth-order valence-corrected chi connectivity index (χ4v) is 7.02. The molecule has 11 heteroatoms. The normalized spacial score (nSPS) is 17.4. The van der Waals surface area contributed by atoms with Gasteiger partial charge in [-0.15, -0.1) is 0 Å². The summed E-state index contributed by atoms with van der Waals surface area (Å²) < 4.78 is 18.6. The van der Waals surface area contributed by atoms with E-state index >= 15 is 0 Å². The first kappa shape index (κ1) is 29.6. The number of nitrogens with zero attached hydrogens (tertiary/aromatic N) is 5. The average molecular weight is 598 g/mol. The molecule has 0 aliphatic carbocycles. The first-order chi connectivity index (χ1) is 19.7. The van der Waals surface area contributed by atoms with Crippen molar-refractivity contribution in [1.29, 1.82) is 0 Å². The number of piperazine rings is 1. The number of rotatable bonds is 9. The van der Waals surface area contributed by atoms with E-state index in [0.717, 1.165) is 42.1 Å². The summed E-state index contributed by atoms with van der Waals surface area (Å²) in [7, 11) is -0.832. The van der Waals surface area contributed by atoms with Crippen LogP contribution < -0.4 is 25.6 Å². The number of ether oxygens (including phenoxy) is 1. The number of halogens is 1. The predicted molar refractivity (Wildman–Crippen MR) is 171 cm³/mol. The quantitative estimate of drug-likeness (QED) is 0.311. The molecule has 220 valence electrons. The summed E-state index contributed by atoms with van der Waals surface area (Å²) in [5.41, 5.74) is 2.63. The molecule has 0 radical (unpaired) electrons. The van der Waals surface area contributed by atoms with E-state index in [1.165, 1.54) is 39.0 Å². The molecule has 1 aromatic heterocycles. The number of anilines is 5. The Labute approximate surface area is 248 Å². The van der Waals surface area contributed by atoms with E-state index in [9.17, 15) is 4.57 Å². The first-order valence-corrected chi connectivity index (χ1v) is 17.3. The lowest BCUT2D eigenvalue weighted by Crippen LogP contribution is -2.53. The topological polar surface area (TPSA) is 85.9 Å². The van der Waals surface area contributed by atoms with Gasteiger partial charge in [0.15, 0.2) is 5.82 Å². The molecule has 0 atom stereocenters. The molecule has 2 aliphatic rings. The molecule has 0 spiro atoms. The van der Waals surface area contributed by atoms with Crippen LogP contribution in [0.4, 0.5) is 28.8 Å². The zero-order chi connectivity index (χ0) is 29.0. The molecule has 2 saturated heterocycles. The second-order valence-electron chi connectivity index (χ2n) is 11.1. The summed E-state index contributed by atoms with van der Waals surface area (Å²) in [6.45, 7) is 13.7. The number of likely N-dealkylation sites (N-methyl/N-ethyl adjacent to an activating group) is 1. The highest BCUT2D eigenvalue weighted by Crippen LogP contribution is 2.39. The third-order valence-electron chi connectivity index (χ3n) is 8.11. The van der Waals surface area contributed by atoms with Crippen molar-refractivity contribution in [3.05, 3.63) is 53.7 Å². The maximum absolute atomic E-state index is 12.8. The molecular weight excluding hydrogens is 557 g/mol. The van der Waals surface area contributed by atoms with E-state index in [-0.39, 0.29) is 0 Å². The Balaban J connectivity index is 1.25. The SMILES string of the molecule is CCN1CCN(C2CCN(c3ccc(Nc4ncc(Cl)c(Nc5ccccc5P(C)(C)=O)n4)c(OC)c3)CC2)CC1. The third kappa shape index (κ3) is 7.15. The van der Waals surface area contributed by atoms with Crippen molar-refractivity contribution in [3.63, 3.8) is 0 Å². The second kappa shape index (κ2) is 13.0. The molecule has 0 bridgehead atoms. The van der Waals surface area contributed by atoms with Gasteiger partial charge in [0.1, 0.15) is 17.9 Å². The van der Waals surface area contributed by atoms with Crippen LogP contribution in [-0.2, 0) is 4.57 Å². The standard InChI is InChI=1S/C30H41ClN7O2P/c1-5-36-16-18-38(19-17-36)22-12-14-37(15-13-22)23-10-11-25(27(20-23)40-2)34-30-32-21-24(31)29(35-30)33-26-8-6-7-9-28(26)41(3,4)39/h6-11,20-22H,5,12-19H2,1-4H3,(H2,32,33,34,35). The number of hydrogen-bond acceptors (Lipinski definition) is 9. The van der Waals surface area contributed by atoms with Crippen LogP contribution >= 0.6 is 18.7 Å². The first-order valence-electron chi connectivity index (χ1n) is 14.4. The minimum Gasteiger partial charge on any atom is -0.494 e. The molecule has 0 saturated carbocycles. The van der Waals surface area contributed by atoms with E-state index in [0.29, 0.717) is 28.5 Å². The van der Waals surface area contributed by atoms with Crippen LogP contribution in [0.2, 0.25) is 5.02 Å². The molecule has 0 unspecified atom stereocenters. The van der Waals surface area contributed by atoms with Crippen molar-refractivity contribution in [2.75, 3.05) is 81.8 Å². The molecule has 3 aromatic rings. The maximum Gasteiger partial charge on any atom is 0.229 e. The fourth-order valence-electron chi connectivity index (χ4n) is 5.73. The van der Waals surface area contributed by atoms with Crippen LogP contribution in [0.1, 0.15) is 19.8 Å². The Bertz CT molecular complexity index is 1390. The lowest BCUT2D eigenvalue weighted by molar-refractivity contribution is 0.0878. The molecule has 41 heavy (non-hydrogen) atoms. The van der Waals surface area contributed by atoms with Gasteiger partial charge in [-0.3, -0.25) is 4.90 Å². The molecule has 2 aromatic carbocycles. The fraction of sp³-hybridized carbons (Fsp3) is 0.467. The molecule has 2 N–H and O–H groups in total. The van der Waals surface area contributed by atoms with Crippen molar-refractivity contribution >= 4 is 52.9 Å². The monoisotopic (exact) mass is 597 g/mol. The summed E-state index contributed by atoms with van der Waals surface area (Å²) >= 11 is 6.43. The Morgan fingerprint density at radius 1 is 1.00 bits per heavy atom. The van der Waals surface area contributed by atoms with Gasteiger partial charge in [0.25, 0.3) is 0 Å². The summed E-state index contributed by atoms with van der Waals surface area (Å²) in [6.07, 6.45) is 3.90. The van der Waals surface area contributed by atoms with Gasteiger partial charge in [-0.1, -0.05) is 30.7 Å². The smallest absolute Gasteiger partial charge is 0.229 e. The maximum atomic E-state index is 12.8. The van der Waals surface area contributed by atoms with E-state index in [2.05, 4.69) is 54.4 Å². The summed E-state index contributed by atoms with van der Waals surface area (Å²) in [6, 6.07) is 14.4. The van der Waals surface area contributed by atoms with Gasteiger partial charge in [-0.2, -0.15) is 4.98 Å². The summed E-state index contributed by atoms with van der Waals surface area (Å²) in [5.74, 6) is 1.52. The Morgan fingerprint density at radius 3 is 2.41 bits per heavy atom. The van der Waals surface area contributed by atoms with Gasteiger partial charge >= 0.3 is 0 Å². The van der Waals surface area contributed by atoms with Crippen LogP contribution in [0, 0.1) is 0 Å². The number of hydrogen-bond donors (Lipinski definition) is 2. The Morgan fingerprint density at radius 2 is 1.73 bits per heavy atom. The van der Waals surface area contributed by atoms with Crippen LogP contribution in [0.25, 0.3) is 0 Å². The van der Waals surface area contributed by atoms with Crippen LogP contribution in [0.15, 0.2) is 48.7 Å². The number of benzene rings is 2. The van der Waals surface area contributed by atoms with Crippen LogP contribution in [-0.4, -0.2) is 92.1 Å². The van der Waals surface area contributed by atoms with Crippen molar-refractivity contribution < 1.29 is 9.30 Å². The molecule has 5 rings (SSSR count). The van der Waals surface area contributed by atoms with Gasteiger partial charge in [-0.05, 0) is 57.0 Å². The number of nitrogens with one attached hydrogen (secondary N) is 2. The van der Waals surface area contributed by atoms with Crippen LogP contribution in [0.5, 0.6) is 5.75 Å². The number of methoxy groups -OCH3 is 1. The van der Waals surface area contributed by atoms with Gasteiger partial charge in [0.05, 0.1) is 24.7 Å². The highest BCUT2D eigenvalue weighted by atomic mass is 35.5. The molecular formula is C30H41ClN7O2P. The highest BCUT2D eigenvalue weighted by Gasteiger charge is 2.27. The van der Waals surface area contributed by atoms with Gasteiger partial charge < -0.3 is 29.7 Å². The highest BCUT2D eigenvalue weighted by molar-refractivity contribution is 7.70. The zero-order valence-electron chi connectivity index (χ0n) is 24.4.